The molecule has 0 aliphatic rings. The van der Waals surface area contributed by atoms with Crippen LogP contribution < -0.4 is 9.47 Å². The van der Waals surface area contributed by atoms with Gasteiger partial charge in [0, 0.05) is 6.07 Å². The maximum atomic E-state index is 13.6. The number of alkyl halides is 3. The molecule has 1 atom stereocenters. The minimum absolute atomic E-state index is 0.115. The molecule has 0 aliphatic carbocycles. The van der Waals surface area contributed by atoms with Gasteiger partial charge in [0.2, 0.25) is 5.78 Å². The summed E-state index contributed by atoms with van der Waals surface area (Å²) in [6.07, 6.45) is -4.72. The van der Waals surface area contributed by atoms with E-state index in [1.54, 1.807) is 0 Å². The van der Waals surface area contributed by atoms with Crippen LogP contribution in [0.2, 0.25) is 0 Å². The number of ketones is 1. The lowest BCUT2D eigenvalue weighted by Crippen LogP contribution is -2.24. The maximum Gasteiger partial charge on any atom is 0.573 e. The molecule has 0 N–H and O–H groups in total. The number of Topliss-reactive ketones (excluding diaryl/α,β-unsaturated/α-hetero) is 1. The van der Waals surface area contributed by atoms with Crippen LogP contribution >= 0.6 is 0 Å². The van der Waals surface area contributed by atoms with Gasteiger partial charge in [-0.2, -0.15) is 0 Å². The number of halogens is 5. The predicted octanol–water partition coefficient (Wildman–Crippen LogP) is 4.09. The van der Waals surface area contributed by atoms with Crippen molar-refractivity contribution < 1.29 is 36.2 Å². The minimum atomic E-state index is -4.81. The molecule has 0 aliphatic heterocycles. The monoisotopic (exact) mass is 413 g/mol. The summed E-state index contributed by atoms with van der Waals surface area (Å²) in [6.45, 7) is 1.35. The molecular weight excluding hydrogens is 401 g/mol. The molecule has 0 fully saturated rings. The van der Waals surface area contributed by atoms with E-state index in [-0.39, 0.29) is 11.4 Å². The van der Waals surface area contributed by atoms with Crippen LogP contribution in [0.4, 0.5) is 22.0 Å². The van der Waals surface area contributed by atoms with Crippen LogP contribution in [0.5, 0.6) is 11.5 Å². The van der Waals surface area contributed by atoms with Crippen LogP contribution in [0.3, 0.4) is 0 Å². The van der Waals surface area contributed by atoms with E-state index >= 15 is 0 Å². The molecule has 152 valence electrons. The molecule has 1 unspecified atom stereocenters. The molecule has 0 bridgehead atoms. The number of nitrogens with zero attached hydrogens (tertiary/aromatic N) is 3. The Morgan fingerprint density at radius 3 is 2.41 bits per heavy atom. The molecule has 3 aromatic rings. The van der Waals surface area contributed by atoms with Gasteiger partial charge in [0.15, 0.2) is 23.4 Å². The highest BCUT2D eigenvalue weighted by atomic mass is 19.4. The van der Waals surface area contributed by atoms with E-state index in [2.05, 4.69) is 15.0 Å². The van der Waals surface area contributed by atoms with Crippen molar-refractivity contribution in [2.24, 2.45) is 0 Å². The van der Waals surface area contributed by atoms with E-state index in [1.165, 1.54) is 25.3 Å². The molecule has 1 aromatic heterocycles. The third kappa shape index (κ3) is 5.06. The topological polar surface area (TPSA) is 66.2 Å². The summed E-state index contributed by atoms with van der Waals surface area (Å²) in [4.78, 5) is 12.4. The summed E-state index contributed by atoms with van der Waals surface area (Å²) in [6, 6.07) is 7.39. The Balaban J connectivity index is 1.70. The molecular formula is C18H12F5N3O3. The van der Waals surface area contributed by atoms with Gasteiger partial charge >= 0.3 is 6.36 Å². The second-order valence-corrected chi connectivity index (χ2v) is 5.79. The molecule has 3 rings (SSSR count). The second-order valence-electron chi connectivity index (χ2n) is 5.79. The molecule has 0 saturated heterocycles. The average molecular weight is 413 g/mol. The van der Waals surface area contributed by atoms with Crippen molar-refractivity contribution >= 4 is 5.78 Å². The smallest absolute Gasteiger partial charge is 0.479 e. The number of carbonyl (C=O) groups is 1. The summed E-state index contributed by atoms with van der Waals surface area (Å²) in [5.41, 5.74) is 0.208. The summed E-state index contributed by atoms with van der Waals surface area (Å²) in [5, 5.41) is 7.43. The van der Waals surface area contributed by atoms with Gasteiger partial charge in [0.05, 0.1) is 11.9 Å². The standard InChI is InChI=1S/C18H12F5N3O3/c1-10(28-16-7-2-11(19)8-14(16)20)17(27)15-9-26(25-24-15)12-3-5-13(6-4-12)29-18(21,22)23/h2-10H,1H3. The minimum Gasteiger partial charge on any atom is -0.479 e. The Labute approximate surface area is 160 Å². The second kappa shape index (κ2) is 7.86. The van der Waals surface area contributed by atoms with Crippen LogP contribution in [-0.2, 0) is 0 Å². The summed E-state index contributed by atoms with van der Waals surface area (Å²) >= 11 is 0. The van der Waals surface area contributed by atoms with E-state index in [0.29, 0.717) is 11.8 Å². The fraction of sp³-hybridized carbons (Fsp3) is 0.167. The van der Waals surface area contributed by atoms with E-state index in [4.69, 9.17) is 4.74 Å². The van der Waals surface area contributed by atoms with Crippen LogP contribution in [-0.4, -0.2) is 33.2 Å². The summed E-state index contributed by atoms with van der Waals surface area (Å²) in [5.74, 6) is -3.10. The van der Waals surface area contributed by atoms with E-state index < -0.39 is 35.6 Å². The van der Waals surface area contributed by atoms with E-state index in [1.807, 2.05) is 0 Å². The van der Waals surface area contributed by atoms with E-state index in [9.17, 15) is 26.7 Å². The lowest BCUT2D eigenvalue weighted by atomic mass is 10.2. The van der Waals surface area contributed by atoms with Crippen molar-refractivity contribution in [1.29, 1.82) is 0 Å². The molecule has 29 heavy (non-hydrogen) atoms. The van der Waals surface area contributed by atoms with E-state index in [0.717, 1.165) is 28.9 Å². The maximum absolute atomic E-state index is 13.6. The Bertz CT molecular complexity index is 1020. The average Bonchev–Trinajstić information content (AvgIpc) is 3.12. The molecule has 6 nitrogen and oxygen atoms in total. The highest BCUT2D eigenvalue weighted by Crippen LogP contribution is 2.24. The largest absolute Gasteiger partial charge is 0.573 e. The van der Waals surface area contributed by atoms with Crippen LogP contribution in [0.15, 0.2) is 48.7 Å². The summed E-state index contributed by atoms with van der Waals surface area (Å²) in [7, 11) is 0. The van der Waals surface area contributed by atoms with Crippen molar-refractivity contribution in [2.45, 2.75) is 19.4 Å². The third-order valence-electron chi connectivity index (χ3n) is 3.65. The molecule has 0 saturated carbocycles. The fourth-order valence-corrected chi connectivity index (χ4v) is 2.33. The lowest BCUT2D eigenvalue weighted by Gasteiger charge is -2.12. The van der Waals surface area contributed by atoms with Gasteiger partial charge in [-0.05, 0) is 43.3 Å². The number of hydrogen-bond acceptors (Lipinski definition) is 5. The van der Waals surface area contributed by atoms with Crippen molar-refractivity contribution in [3.05, 3.63) is 66.0 Å². The van der Waals surface area contributed by atoms with Crippen LogP contribution in [0.25, 0.3) is 5.69 Å². The molecule has 0 amide bonds. The molecule has 2 aromatic carbocycles. The van der Waals surface area contributed by atoms with Crippen molar-refractivity contribution in [3.8, 4) is 17.2 Å². The first-order valence-corrected chi connectivity index (χ1v) is 8.07. The number of benzene rings is 2. The predicted molar refractivity (Wildman–Crippen MR) is 88.8 cm³/mol. The number of ether oxygens (including phenoxy) is 2. The van der Waals surface area contributed by atoms with Crippen LogP contribution in [0.1, 0.15) is 17.4 Å². The number of carbonyl (C=O) groups excluding carboxylic acids is 1. The third-order valence-corrected chi connectivity index (χ3v) is 3.65. The highest BCUT2D eigenvalue weighted by molar-refractivity contribution is 5.97. The zero-order valence-electron chi connectivity index (χ0n) is 14.7. The van der Waals surface area contributed by atoms with Crippen LogP contribution in [0, 0.1) is 11.6 Å². The first-order valence-electron chi connectivity index (χ1n) is 8.07. The Morgan fingerprint density at radius 2 is 1.79 bits per heavy atom. The lowest BCUT2D eigenvalue weighted by molar-refractivity contribution is -0.274. The van der Waals surface area contributed by atoms with Gasteiger partial charge in [-0.25, -0.2) is 13.5 Å². The van der Waals surface area contributed by atoms with Crippen molar-refractivity contribution in [1.82, 2.24) is 15.0 Å². The van der Waals surface area contributed by atoms with Gasteiger partial charge in [-0.1, -0.05) is 5.21 Å². The summed E-state index contributed by atoms with van der Waals surface area (Å²) < 4.78 is 73.3. The Hall–Kier alpha value is -3.50. The molecule has 11 heteroatoms. The first kappa shape index (κ1) is 20.2. The van der Waals surface area contributed by atoms with Gasteiger partial charge in [-0.15, -0.1) is 18.3 Å². The Morgan fingerprint density at radius 1 is 1.10 bits per heavy atom. The fourth-order valence-electron chi connectivity index (χ4n) is 2.33. The van der Waals surface area contributed by atoms with Gasteiger partial charge in [0.25, 0.3) is 0 Å². The number of hydrogen-bond donors (Lipinski definition) is 0. The molecule has 1 heterocycles. The normalized spacial score (nSPS) is 12.5. The SMILES string of the molecule is CC(Oc1ccc(F)cc1F)C(=O)c1cn(-c2ccc(OC(F)(F)F)cc2)nn1. The molecule has 0 spiro atoms. The Kier molecular flexibility index (Phi) is 5.48. The zero-order chi connectivity index (χ0) is 21.2. The molecule has 0 radical (unpaired) electrons. The number of aromatic nitrogens is 3. The first-order chi connectivity index (χ1) is 13.6. The quantitative estimate of drug-likeness (QED) is 0.450. The number of rotatable bonds is 6. The van der Waals surface area contributed by atoms with Gasteiger partial charge in [0.1, 0.15) is 11.6 Å². The van der Waals surface area contributed by atoms with Crippen molar-refractivity contribution in [3.63, 3.8) is 0 Å². The van der Waals surface area contributed by atoms with Crippen molar-refractivity contribution in [2.75, 3.05) is 0 Å². The highest BCUT2D eigenvalue weighted by Gasteiger charge is 2.31. The zero-order valence-corrected chi connectivity index (χ0v) is 14.7. The van der Waals surface area contributed by atoms with Gasteiger partial charge < -0.3 is 9.47 Å². The van der Waals surface area contributed by atoms with Gasteiger partial charge in [-0.3, -0.25) is 4.79 Å².